The SMILES string of the molecule is CCCNC(=O)S(=O)(=O)c1ccccc1-c1ccc(Cn2c(CCC)nc(SC)c2OC(=O)O)cc1. The number of hydrogen-bond donors (Lipinski definition) is 2. The van der Waals surface area contributed by atoms with Gasteiger partial charge in [0.1, 0.15) is 5.82 Å². The van der Waals surface area contributed by atoms with Crippen molar-refractivity contribution in [3.63, 3.8) is 0 Å². The number of ether oxygens (including phenoxy) is 1. The Morgan fingerprint density at radius 2 is 1.78 bits per heavy atom. The number of nitrogens with one attached hydrogen (secondary N) is 1. The molecule has 0 saturated heterocycles. The third-order valence-electron chi connectivity index (χ3n) is 5.37. The van der Waals surface area contributed by atoms with Crippen LogP contribution in [0.5, 0.6) is 5.88 Å². The number of nitrogens with zero attached hydrogens (tertiary/aromatic N) is 2. The fourth-order valence-corrected chi connectivity index (χ4v) is 5.43. The van der Waals surface area contributed by atoms with E-state index in [9.17, 15) is 23.1 Å². The van der Waals surface area contributed by atoms with E-state index >= 15 is 0 Å². The monoisotopic (exact) mass is 531 g/mol. The number of carbonyl (C=O) groups excluding carboxylic acids is 1. The van der Waals surface area contributed by atoms with Crippen LogP contribution in [0.4, 0.5) is 9.59 Å². The summed E-state index contributed by atoms with van der Waals surface area (Å²) in [5.74, 6) is 0.897. The Balaban J connectivity index is 1.95. The van der Waals surface area contributed by atoms with Gasteiger partial charge < -0.3 is 15.2 Å². The number of thioether (sulfide) groups is 1. The van der Waals surface area contributed by atoms with Gasteiger partial charge in [0.15, 0.2) is 5.03 Å². The van der Waals surface area contributed by atoms with Gasteiger partial charge in [0.2, 0.25) is 5.88 Å². The molecule has 9 nitrogen and oxygen atoms in total. The van der Waals surface area contributed by atoms with Crippen LogP contribution in [0.25, 0.3) is 11.1 Å². The first-order valence-electron chi connectivity index (χ1n) is 11.5. The Morgan fingerprint density at radius 3 is 2.39 bits per heavy atom. The lowest BCUT2D eigenvalue weighted by atomic mass is 10.0. The molecule has 0 fully saturated rings. The summed E-state index contributed by atoms with van der Waals surface area (Å²) < 4.78 is 32.6. The normalized spacial score (nSPS) is 11.3. The number of sulfone groups is 1. The molecule has 1 heterocycles. The predicted molar refractivity (Wildman–Crippen MR) is 139 cm³/mol. The lowest BCUT2D eigenvalue weighted by Gasteiger charge is -2.13. The summed E-state index contributed by atoms with van der Waals surface area (Å²) >= 11 is 1.31. The fraction of sp³-hybridized carbons (Fsp3) is 0.320. The van der Waals surface area contributed by atoms with E-state index in [0.717, 1.165) is 17.8 Å². The highest BCUT2D eigenvalue weighted by molar-refractivity contribution is 8.06. The van der Waals surface area contributed by atoms with Crippen molar-refractivity contribution in [1.29, 1.82) is 0 Å². The van der Waals surface area contributed by atoms with Gasteiger partial charge in [-0.2, -0.15) is 0 Å². The quantitative estimate of drug-likeness (QED) is 0.269. The topological polar surface area (TPSA) is 128 Å². The molecule has 3 rings (SSSR count). The second-order valence-electron chi connectivity index (χ2n) is 7.96. The third kappa shape index (κ3) is 6.08. The molecule has 0 unspecified atom stereocenters. The van der Waals surface area contributed by atoms with Crippen molar-refractivity contribution in [2.45, 2.75) is 49.6 Å². The first-order chi connectivity index (χ1) is 17.2. The molecule has 0 spiro atoms. The minimum Gasteiger partial charge on any atom is -0.449 e. The van der Waals surface area contributed by atoms with E-state index in [1.807, 2.05) is 26.0 Å². The lowest BCUT2D eigenvalue weighted by Crippen LogP contribution is -2.30. The van der Waals surface area contributed by atoms with Crippen molar-refractivity contribution in [3.05, 3.63) is 59.9 Å². The van der Waals surface area contributed by atoms with Crippen molar-refractivity contribution >= 4 is 33.0 Å². The van der Waals surface area contributed by atoms with Crippen molar-refractivity contribution < 1.29 is 27.9 Å². The average Bonchev–Trinajstić information content (AvgIpc) is 3.18. The maximum Gasteiger partial charge on any atom is 0.512 e. The summed E-state index contributed by atoms with van der Waals surface area (Å²) in [6.45, 7) is 4.45. The lowest BCUT2D eigenvalue weighted by molar-refractivity contribution is 0.139. The summed E-state index contributed by atoms with van der Waals surface area (Å²) in [4.78, 5) is 28.1. The number of rotatable bonds is 10. The molecule has 36 heavy (non-hydrogen) atoms. The van der Waals surface area contributed by atoms with Gasteiger partial charge in [-0.15, -0.1) is 11.8 Å². The summed E-state index contributed by atoms with van der Waals surface area (Å²) in [6.07, 6.45) is 2.50. The van der Waals surface area contributed by atoms with E-state index in [1.165, 1.54) is 17.8 Å². The number of carboxylic acid groups (broad SMARTS) is 1. The molecule has 3 aromatic rings. The number of aryl methyl sites for hydroxylation is 1. The van der Waals surface area contributed by atoms with E-state index in [1.54, 1.807) is 41.2 Å². The molecule has 0 radical (unpaired) electrons. The Hall–Kier alpha value is -3.31. The highest BCUT2D eigenvalue weighted by Crippen LogP contribution is 2.32. The van der Waals surface area contributed by atoms with Crippen LogP contribution in [-0.2, 0) is 22.8 Å². The molecule has 0 aliphatic rings. The number of benzene rings is 2. The molecule has 2 N–H and O–H groups in total. The van der Waals surface area contributed by atoms with Gasteiger partial charge in [0.25, 0.3) is 9.84 Å². The molecule has 0 aliphatic carbocycles. The first-order valence-corrected chi connectivity index (χ1v) is 14.2. The van der Waals surface area contributed by atoms with Crippen LogP contribution in [0, 0.1) is 0 Å². The van der Waals surface area contributed by atoms with Crippen LogP contribution in [0.3, 0.4) is 0 Å². The van der Waals surface area contributed by atoms with Gasteiger partial charge in [0.05, 0.1) is 11.4 Å². The molecule has 0 bridgehead atoms. The van der Waals surface area contributed by atoms with Crippen molar-refractivity contribution in [2.24, 2.45) is 0 Å². The molecule has 2 aromatic carbocycles. The molecular weight excluding hydrogens is 502 g/mol. The Morgan fingerprint density at radius 1 is 1.08 bits per heavy atom. The van der Waals surface area contributed by atoms with Crippen molar-refractivity contribution in [3.8, 4) is 17.0 Å². The highest BCUT2D eigenvalue weighted by atomic mass is 32.2. The molecular formula is C25H29N3O6S2. The number of aromatic nitrogens is 2. The van der Waals surface area contributed by atoms with Crippen LogP contribution in [-0.4, -0.2) is 47.3 Å². The number of imidazole rings is 1. The second kappa shape index (κ2) is 12.1. The zero-order chi connectivity index (χ0) is 26.3. The summed E-state index contributed by atoms with van der Waals surface area (Å²) in [6, 6.07) is 13.6. The van der Waals surface area contributed by atoms with Gasteiger partial charge in [-0.1, -0.05) is 56.3 Å². The summed E-state index contributed by atoms with van der Waals surface area (Å²) in [5.41, 5.74) is 1.90. The molecule has 1 aromatic heterocycles. The smallest absolute Gasteiger partial charge is 0.449 e. The van der Waals surface area contributed by atoms with Gasteiger partial charge >= 0.3 is 11.4 Å². The van der Waals surface area contributed by atoms with Gasteiger partial charge in [0, 0.05) is 18.5 Å². The van der Waals surface area contributed by atoms with E-state index in [0.29, 0.717) is 35.5 Å². The Kier molecular flexibility index (Phi) is 9.16. The van der Waals surface area contributed by atoms with Crippen LogP contribution < -0.4 is 10.1 Å². The van der Waals surface area contributed by atoms with Crippen LogP contribution in [0.2, 0.25) is 0 Å². The number of carbonyl (C=O) groups is 2. The molecule has 0 aliphatic heterocycles. The standard InChI is InChI=1S/C25H29N3O6S2/c1-4-8-21-27-22(35-3)23(34-25(30)31)28(21)16-17-11-13-18(14-12-17)19-9-6-7-10-20(19)36(32,33)24(29)26-15-5-2/h6-7,9-14H,4-5,8,15-16H2,1-3H3,(H,26,29)(H,30,31). The Labute approximate surface area is 214 Å². The fourth-order valence-electron chi connectivity index (χ4n) is 3.68. The Bertz CT molecular complexity index is 1330. The predicted octanol–water partition coefficient (Wildman–Crippen LogP) is 5.22. The zero-order valence-corrected chi connectivity index (χ0v) is 22.0. The number of hydrogen-bond acceptors (Lipinski definition) is 7. The summed E-state index contributed by atoms with van der Waals surface area (Å²) in [7, 11) is -4.21. The highest BCUT2D eigenvalue weighted by Gasteiger charge is 2.27. The first kappa shape index (κ1) is 27.3. The van der Waals surface area contributed by atoms with E-state index in [-0.39, 0.29) is 17.3 Å². The third-order valence-corrected chi connectivity index (χ3v) is 7.59. The maximum absolute atomic E-state index is 12.9. The van der Waals surface area contributed by atoms with Crippen LogP contribution >= 0.6 is 11.8 Å². The van der Waals surface area contributed by atoms with E-state index < -0.39 is 21.2 Å². The van der Waals surface area contributed by atoms with Crippen molar-refractivity contribution in [1.82, 2.24) is 14.9 Å². The van der Waals surface area contributed by atoms with Crippen LogP contribution in [0.15, 0.2) is 58.5 Å². The zero-order valence-electron chi connectivity index (χ0n) is 20.4. The van der Waals surface area contributed by atoms with Gasteiger partial charge in [-0.3, -0.25) is 9.36 Å². The minimum absolute atomic E-state index is 0.0621. The minimum atomic E-state index is -4.21. The van der Waals surface area contributed by atoms with E-state index in [2.05, 4.69) is 10.3 Å². The molecule has 1 amide bonds. The molecule has 0 saturated carbocycles. The molecule has 0 atom stereocenters. The number of amides is 1. The average molecular weight is 532 g/mol. The van der Waals surface area contributed by atoms with Crippen molar-refractivity contribution in [2.75, 3.05) is 12.8 Å². The largest absolute Gasteiger partial charge is 0.512 e. The van der Waals surface area contributed by atoms with Crippen LogP contribution in [0.1, 0.15) is 38.1 Å². The molecule has 11 heteroatoms. The van der Waals surface area contributed by atoms with Gasteiger partial charge in [-0.25, -0.2) is 18.2 Å². The van der Waals surface area contributed by atoms with E-state index in [4.69, 9.17) is 4.74 Å². The maximum atomic E-state index is 12.9. The van der Waals surface area contributed by atoms with Gasteiger partial charge in [-0.05, 0) is 36.3 Å². The molecule has 192 valence electrons. The second-order valence-corrected chi connectivity index (χ2v) is 10.6. The summed E-state index contributed by atoms with van der Waals surface area (Å²) in [5, 5.41) is 11.1.